The first-order valence-corrected chi connectivity index (χ1v) is 16.3. The van der Waals surface area contributed by atoms with Crippen LogP contribution in [0.25, 0.3) is 0 Å². The Bertz CT molecular complexity index is 279. The minimum Gasteiger partial charge on any atom is -0.411 e. The highest BCUT2D eigenvalue weighted by Crippen LogP contribution is 2.20. The maximum Gasteiger partial charge on any atom is 0.236 e. The van der Waals surface area contributed by atoms with Gasteiger partial charge in [0.05, 0.1) is 6.61 Å². The normalized spacial score (nSPS) is 14.7. The summed E-state index contributed by atoms with van der Waals surface area (Å²) in [6.07, 6.45) is 1.12. The van der Waals surface area contributed by atoms with Gasteiger partial charge in [-0.3, -0.25) is 0 Å². The predicted molar refractivity (Wildman–Crippen MR) is 95.7 cm³/mol. The molecule has 1 atom stereocenters. The maximum atomic E-state index is 6.32. The van der Waals surface area contributed by atoms with Gasteiger partial charge >= 0.3 is 0 Å². The highest BCUT2D eigenvalue weighted by Gasteiger charge is 2.34. The van der Waals surface area contributed by atoms with Gasteiger partial charge in [-0.25, -0.2) is 0 Å². The van der Waals surface area contributed by atoms with Crippen LogP contribution in [0.1, 0.15) is 20.3 Å². The van der Waals surface area contributed by atoms with E-state index in [4.69, 9.17) is 13.3 Å². The van der Waals surface area contributed by atoms with Gasteiger partial charge in [0, 0.05) is 0 Å². The van der Waals surface area contributed by atoms with E-state index in [9.17, 15) is 0 Å². The maximum absolute atomic E-state index is 6.32. The Morgan fingerprint density at radius 3 is 1.80 bits per heavy atom. The second-order valence-corrected chi connectivity index (χ2v) is 18.9. The molecule has 0 heterocycles. The van der Waals surface area contributed by atoms with Crippen molar-refractivity contribution in [1.82, 2.24) is 0 Å². The highest BCUT2D eigenvalue weighted by molar-refractivity contribution is 6.72. The van der Waals surface area contributed by atoms with Crippen molar-refractivity contribution < 1.29 is 13.3 Å². The molecule has 0 saturated heterocycles. The molecule has 0 bridgehead atoms. The van der Waals surface area contributed by atoms with Crippen molar-refractivity contribution in [1.29, 1.82) is 0 Å². The van der Waals surface area contributed by atoms with Gasteiger partial charge in [0.25, 0.3) is 0 Å². The van der Waals surface area contributed by atoms with E-state index in [2.05, 4.69) is 52.8 Å². The van der Waals surface area contributed by atoms with Crippen LogP contribution >= 0.6 is 0 Å². The Hall–Kier alpha value is 0.271. The lowest BCUT2D eigenvalue weighted by atomic mass is 10.4. The lowest BCUT2D eigenvalue weighted by molar-refractivity contribution is 0.0407. The third-order valence-electron chi connectivity index (χ3n) is 2.36. The van der Waals surface area contributed by atoms with Gasteiger partial charge in [0.1, 0.15) is 5.91 Å². The molecule has 0 radical (unpaired) electrons. The Morgan fingerprint density at radius 1 is 1.05 bits per heavy atom. The zero-order valence-corrected chi connectivity index (χ0v) is 17.9. The summed E-state index contributed by atoms with van der Waals surface area (Å²) in [5, 5.41) is 0. The summed E-state index contributed by atoms with van der Waals surface area (Å²) in [4.78, 5) is 0. The van der Waals surface area contributed by atoms with Crippen molar-refractivity contribution in [2.45, 2.75) is 71.5 Å². The Morgan fingerprint density at radius 2 is 1.50 bits per heavy atom. The summed E-state index contributed by atoms with van der Waals surface area (Å²) < 4.78 is 18.8. The van der Waals surface area contributed by atoms with E-state index in [0.29, 0.717) is 6.61 Å². The van der Waals surface area contributed by atoms with Gasteiger partial charge in [-0.05, 0) is 52.2 Å². The topological polar surface area (TPSA) is 27.7 Å². The molecule has 0 aliphatic rings. The molecule has 0 saturated carbocycles. The molecule has 0 aliphatic carbocycles. The van der Waals surface area contributed by atoms with E-state index in [1.165, 1.54) is 0 Å². The molecular weight excluding hydrogens is 300 g/mol. The van der Waals surface area contributed by atoms with Gasteiger partial charge in [-0.1, -0.05) is 25.5 Å². The van der Waals surface area contributed by atoms with Crippen LogP contribution in [0.2, 0.25) is 45.3 Å². The summed E-state index contributed by atoms with van der Waals surface area (Å²) in [5.74, 6) is -0.104. The van der Waals surface area contributed by atoms with Crippen molar-refractivity contribution in [2.75, 3.05) is 6.61 Å². The fraction of sp³-hybridized carbons (Fsp3) is 0.857. The zero-order chi connectivity index (χ0) is 16.0. The predicted octanol–water partition coefficient (Wildman–Crippen LogP) is 4.28. The summed E-state index contributed by atoms with van der Waals surface area (Å²) in [7, 11) is -4.82. The average Bonchev–Trinajstić information content (AvgIpc) is 2.18. The minimum absolute atomic E-state index is 0.104. The van der Waals surface area contributed by atoms with Gasteiger partial charge in [-0.2, -0.15) is 0 Å². The second kappa shape index (κ2) is 8.65. The first-order chi connectivity index (χ1) is 8.94. The highest BCUT2D eigenvalue weighted by atomic mass is 28.4. The lowest BCUT2D eigenvalue weighted by Crippen LogP contribution is -2.49. The molecule has 0 amide bonds. The van der Waals surface area contributed by atoms with E-state index in [1.807, 2.05) is 6.92 Å². The van der Waals surface area contributed by atoms with Crippen molar-refractivity contribution in [3.63, 3.8) is 0 Å². The van der Waals surface area contributed by atoms with Gasteiger partial charge < -0.3 is 13.3 Å². The van der Waals surface area contributed by atoms with E-state index >= 15 is 0 Å². The number of hydrogen-bond acceptors (Lipinski definition) is 3. The molecule has 3 nitrogen and oxygen atoms in total. The fourth-order valence-electron chi connectivity index (χ4n) is 1.70. The molecule has 0 spiro atoms. The van der Waals surface area contributed by atoms with Crippen LogP contribution in [0.3, 0.4) is 0 Å². The van der Waals surface area contributed by atoms with Crippen LogP contribution < -0.4 is 0 Å². The van der Waals surface area contributed by atoms with Gasteiger partial charge in [0.2, 0.25) is 9.04 Å². The molecule has 0 N–H and O–H groups in total. The second-order valence-electron chi connectivity index (χ2n) is 7.42. The third-order valence-corrected chi connectivity index (χ3v) is 7.40. The molecule has 0 aliphatic heterocycles. The molecule has 120 valence electrons. The van der Waals surface area contributed by atoms with Crippen LogP contribution in [-0.4, -0.2) is 38.2 Å². The van der Waals surface area contributed by atoms with Crippen LogP contribution in [-0.2, 0) is 13.3 Å². The molecule has 20 heavy (non-hydrogen) atoms. The summed E-state index contributed by atoms with van der Waals surface area (Å²) in [5.41, 5.74) is 1.07. The zero-order valence-electron chi connectivity index (χ0n) is 14.7. The van der Waals surface area contributed by atoms with E-state index in [1.54, 1.807) is 0 Å². The average molecular weight is 335 g/mol. The van der Waals surface area contributed by atoms with Crippen LogP contribution in [0.5, 0.6) is 0 Å². The van der Waals surface area contributed by atoms with Crippen LogP contribution in [0, 0.1) is 0 Å². The fourth-order valence-corrected chi connectivity index (χ4v) is 8.62. The number of hydrogen-bond donors (Lipinski definition) is 0. The van der Waals surface area contributed by atoms with Gasteiger partial charge in [-0.15, -0.1) is 0 Å². The smallest absolute Gasteiger partial charge is 0.236 e. The molecule has 0 rings (SSSR count). The molecular formula is C14H34O3Si3. The summed E-state index contributed by atoms with van der Waals surface area (Å²) >= 11 is 0. The third kappa shape index (κ3) is 11.0. The first kappa shape index (κ1) is 20.3. The van der Waals surface area contributed by atoms with Crippen molar-refractivity contribution in [3.05, 3.63) is 12.2 Å². The quantitative estimate of drug-likeness (QED) is 0.339. The molecule has 0 aromatic carbocycles. The summed E-state index contributed by atoms with van der Waals surface area (Å²) in [6, 6.07) is 1.09. The Labute approximate surface area is 129 Å². The van der Waals surface area contributed by atoms with Crippen LogP contribution in [0.4, 0.5) is 0 Å². The van der Waals surface area contributed by atoms with Gasteiger partial charge in [0.15, 0.2) is 16.6 Å². The van der Waals surface area contributed by atoms with E-state index < -0.39 is 25.7 Å². The van der Waals surface area contributed by atoms with Crippen LogP contribution in [0.15, 0.2) is 12.2 Å². The standard InChI is InChI=1S/C14H34O3Si3/c1-10-11-18(15-12-13(2)3)14(16-19(4,5)6)17-20(7,8)9/h14,18H,2,10-12H2,1,3-9H3. The summed E-state index contributed by atoms with van der Waals surface area (Å²) in [6.45, 7) is 22.0. The van der Waals surface area contributed by atoms with Crippen molar-refractivity contribution in [2.24, 2.45) is 0 Å². The largest absolute Gasteiger partial charge is 0.411 e. The lowest BCUT2D eigenvalue weighted by Gasteiger charge is -2.35. The van der Waals surface area contributed by atoms with E-state index in [0.717, 1.165) is 18.0 Å². The Balaban J connectivity index is 4.92. The monoisotopic (exact) mass is 334 g/mol. The SMILES string of the molecule is C=C(C)CO[SiH](CCC)C(O[Si](C)(C)C)O[Si](C)(C)C. The number of rotatable bonds is 10. The van der Waals surface area contributed by atoms with Crippen molar-refractivity contribution in [3.8, 4) is 0 Å². The molecule has 6 heteroatoms. The van der Waals surface area contributed by atoms with Crippen molar-refractivity contribution >= 4 is 25.7 Å². The Kier molecular flexibility index (Phi) is 8.77. The minimum atomic E-state index is -1.64. The first-order valence-electron chi connectivity index (χ1n) is 7.56. The molecule has 1 unspecified atom stereocenters. The molecule has 0 aromatic rings. The molecule has 0 aromatic heterocycles. The molecule has 0 fully saturated rings. The van der Waals surface area contributed by atoms with E-state index in [-0.39, 0.29) is 5.91 Å².